The average molecular weight is 344 g/mol. The third-order valence-electron chi connectivity index (χ3n) is 4.80. The summed E-state index contributed by atoms with van der Waals surface area (Å²) in [4.78, 5) is 25.7. The minimum absolute atomic E-state index is 0.146. The van der Waals surface area contributed by atoms with E-state index in [2.05, 4.69) is 0 Å². The van der Waals surface area contributed by atoms with Gasteiger partial charge in [0.15, 0.2) is 0 Å². The number of benzene rings is 1. The Morgan fingerprint density at radius 3 is 2.52 bits per heavy atom. The molecule has 1 amide bonds. The van der Waals surface area contributed by atoms with E-state index in [0.29, 0.717) is 24.9 Å². The van der Waals surface area contributed by atoms with E-state index in [1.165, 1.54) is 12.1 Å². The summed E-state index contributed by atoms with van der Waals surface area (Å²) < 4.78 is 15.1. The highest BCUT2D eigenvalue weighted by Gasteiger charge is 2.30. The summed E-state index contributed by atoms with van der Waals surface area (Å²) in [5, 5.41) is 9.21. The molecule has 132 valence electrons. The van der Waals surface area contributed by atoms with Crippen molar-refractivity contribution < 1.29 is 19.1 Å². The van der Waals surface area contributed by atoms with Crippen LogP contribution in [-0.4, -0.2) is 39.5 Å². The second kappa shape index (κ2) is 6.70. The molecule has 1 unspecified atom stereocenters. The number of hydrogen-bond donors (Lipinski definition) is 1. The summed E-state index contributed by atoms with van der Waals surface area (Å²) in [6, 6.07) is 7.93. The number of amides is 1. The minimum atomic E-state index is -0.853. The van der Waals surface area contributed by atoms with E-state index in [-0.39, 0.29) is 18.3 Å². The monoisotopic (exact) mass is 344 g/mol. The molecule has 1 aromatic heterocycles. The van der Waals surface area contributed by atoms with Crippen LogP contribution in [0.5, 0.6) is 0 Å². The number of aliphatic carboxylic acids is 1. The van der Waals surface area contributed by atoms with Crippen LogP contribution in [0.2, 0.25) is 0 Å². The van der Waals surface area contributed by atoms with Crippen LogP contribution in [-0.2, 0) is 4.79 Å². The fourth-order valence-corrected chi connectivity index (χ4v) is 3.50. The first-order chi connectivity index (χ1) is 11.9. The first-order valence-electron chi connectivity index (χ1n) is 8.35. The lowest BCUT2D eigenvalue weighted by Gasteiger charge is -2.30. The SMILES string of the molecule is Cc1cc(C(=O)N2CCCC(C(=O)O)C2)c(C)n1-c1ccc(F)cc1. The Morgan fingerprint density at radius 1 is 1.20 bits per heavy atom. The number of nitrogens with zero attached hydrogens (tertiary/aromatic N) is 2. The highest BCUT2D eigenvalue weighted by atomic mass is 19.1. The summed E-state index contributed by atoms with van der Waals surface area (Å²) in [6.07, 6.45) is 1.30. The zero-order valence-corrected chi connectivity index (χ0v) is 14.3. The maximum absolute atomic E-state index is 13.2. The summed E-state index contributed by atoms with van der Waals surface area (Å²) in [5.74, 6) is -1.81. The minimum Gasteiger partial charge on any atom is -0.481 e. The predicted octanol–water partition coefficient (Wildman–Crippen LogP) is 3.17. The standard InChI is InChI=1S/C19H21FN2O3/c1-12-10-17(13(2)22(12)16-7-5-15(20)6-8-16)18(23)21-9-3-4-14(11-21)19(24)25/h5-8,10,14H,3-4,9,11H2,1-2H3,(H,24,25). The van der Waals surface area contributed by atoms with Crippen molar-refractivity contribution in [1.82, 2.24) is 9.47 Å². The van der Waals surface area contributed by atoms with E-state index >= 15 is 0 Å². The largest absolute Gasteiger partial charge is 0.481 e. The summed E-state index contributed by atoms with van der Waals surface area (Å²) in [5.41, 5.74) is 3.00. The molecule has 0 bridgehead atoms. The van der Waals surface area contributed by atoms with E-state index in [4.69, 9.17) is 0 Å². The number of carboxylic acids is 1. The number of carboxylic acid groups (broad SMARTS) is 1. The molecule has 25 heavy (non-hydrogen) atoms. The molecular formula is C19H21FN2O3. The Bertz CT molecular complexity index is 811. The molecule has 0 spiro atoms. The van der Waals surface area contributed by atoms with Gasteiger partial charge >= 0.3 is 5.97 Å². The number of piperidine rings is 1. The number of carbonyl (C=O) groups excluding carboxylic acids is 1. The zero-order valence-electron chi connectivity index (χ0n) is 14.3. The van der Waals surface area contributed by atoms with Gasteiger partial charge in [-0.05, 0) is 57.0 Å². The molecule has 2 aromatic rings. The van der Waals surface area contributed by atoms with E-state index in [0.717, 1.165) is 17.1 Å². The fourth-order valence-electron chi connectivity index (χ4n) is 3.50. The van der Waals surface area contributed by atoms with Gasteiger partial charge in [-0.15, -0.1) is 0 Å². The lowest BCUT2D eigenvalue weighted by molar-refractivity contribution is -0.143. The van der Waals surface area contributed by atoms with Gasteiger partial charge in [0.25, 0.3) is 5.91 Å². The van der Waals surface area contributed by atoms with Crippen molar-refractivity contribution in [3.05, 3.63) is 53.1 Å². The van der Waals surface area contributed by atoms with Crippen LogP contribution in [0.25, 0.3) is 5.69 Å². The number of hydrogen-bond acceptors (Lipinski definition) is 2. The second-order valence-corrected chi connectivity index (χ2v) is 6.53. The molecule has 1 saturated heterocycles. The molecule has 1 aromatic carbocycles. The second-order valence-electron chi connectivity index (χ2n) is 6.53. The molecular weight excluding hydrogens is 323 g/mol. The molecule has 0 radical (unpaired) electrons. The summed E-state index contributed by atoms with van der Waals surface area (Å²) in [7, 11) is 0. The molecule has 1 N–H and O–H groups in total. The molecule has 2 heterocycles. The fraction of sp³-hybridized carbons (Fsp3) is 0.368. The lowest BCUT2D eigenvalue weighted by Crippen LogP contribution is -2.42. The van der Waals surface area contributed by atoms with Crippen LogP contribution in [0, 0.1) is 25.6 Å². The van der Waals surface area contributed by atoms with Crippen molar-refractivity contribution in [3.8, 4) is 5.69 Å². The third-order valence-corrected chi connectivity index (χ3v) is 4.80. The molecule has 0 aliphatic carbocycles. The average Bonchev–Trinajstić information content (AvgIpc) is 2.90. The Morgan fingerprint density at radius 2 is 1.88 bits per heavy atom. The Kier molecular flexibility index (Phi) is 4.61. The van der Waals surface area contributed by atoms with Crippen molar-refractivity contribution in [2.24, 2.45) is 5.92 Å². The maximum atomic E-state index is 13.2. The highest BCUT2D eigenvalue weighted by molar-refractivity contribution is 5.96. The third kappa shape index (κ3) is 3.29. The number of aryl methyl sites for hydroxylation is 1. The van der Waals surface area contributed by atoms with E-state index in [9.17, 15) is 19.1 Å². The number of carbonyl (C=O) groups is 2. The van der Waals surface area contributed by atoms with Crippen LogP contribution in [0.4, 0.5) is 4.39 Å². The quantitative estimate of drug-likeness (QED) is 0.930. The Balaban J connectivity index is 1.90. The van der Waals surface area contributed by atoms with Gasteiger partial charge < -0.3 is 14.6 Å². The van der Waals surface area contributed by atoms with Gasteiger partial charge in [0.1, 0.15) is 5.82 Å². The Labute approximate surface area is 145 Å². The van der Waals surface area contributed by atoms with Crippen molar-refractivity contribution >= 4 is 11.9 Å². The molecule has 1 aliphatic rings. The van der Waals surface area contributed by atoms with Crippen LogP contribution in [0.1, 0.15) is 34.6 Å². The number of halogens is 1. The lowest BCUT2D eigenvalue weighted by atomic mass is 9.97. The van der Waals surface area contributed by atoms with Crippen molar-refractivity contribution in [2.45, 2.75) is 26.7 Å². The van der Waals surface area contributed by atoms with Gasteiger partial charge in [-0.1, -0.05) is 0 Å². The van der Waals surface area contributed by atoms with Crippen LogP contribution in [0.15, 0.2) is 30.3 Å². The van der Waals surface area contributed by atoms with E-state index < -0.39 is 11.9 Å². The molecule has 1 atom stereocenters. The van der Waals surface area contributed by atoms with Gasteiger partial charge in [0, 0.05) is 30.2 Å². The smallest absolute Gasteiger partial charge is 0.308 e. The molecule has 1 fully saturated rings. The van der Waals surface area contributed by atoms with Crippen molar-refractivity contribution in [1.29, 1.82) is 0 Å². The van der Waals surface area contributed by atoms with E-state index in [1.807, 2.05) is 24.5 Å². The normalized spacial score (nSPS) is 17.6. The van der Waals surface area contributed by atoms with E-state index in [1.54, 1.807) is 17.0 Å². The summed E-state index contributed by atoms with van der Waals surface area (Å²) >= 11 is 0. The molecule has 6 heteroatoms. The summed E-state index contributed by atoms with van der Waals surface area (Å²) in [6.45, 7) is 4.56. The molecule has 3 rings (SSSR count). The van der Waals surface area contributed by atoms with Crippen LogP contribution < -0.4 is 0 Å². The van der Waals surface area contributed by atoms with Crippen molar-refractivity contribution in [3.63, 3.8) is 0 Å². The van der Waals surface area contributed by atoms with Crippen LogP contribution >= 0.6 is 0 Å². The van der Waals surface area contributed by atoms with Gasteiger partial charge in [-0.3, -0.25) is 9.59 Å². The first-order valence-corrected chi connectivity index (χ1v) is 8.35. The van der Waals surface area contributed by atoms with Crippen LogP contribution in [0.3, 0.4) is 0 Å². The first kappa shape index (κ1) is 17.2. The number of aromatic nitrogens is 1. The van der Waals surface area contributed by atoms with Crippen molar-refractivity contribution in [2.75, 3.05) is 13.1 Å². The van der Waals surface area contributed by atoms with Gasteiger partial charge in [0.2, 0.25) is 0 Å². The van der Waals surface area contributed by atoms with Gasteiger partial charge in [-0.25, -0.2) is 4.39 Å². The highest BCUT2D eigenvalue weighted by Crippen LogP contribution is 2.25. The number of likely N-dealkylation sites (tertiary alicyclic amines) is 1. The maximum Gasteiger partial charge on any atom is 0.308 e. The molecule has 5 nitrogen and oxygen atoms in total. The Hall–Kier alpha value is -2.63. The predicted molar refractivity (Wildman–Crippen MR) is 91.5 cm³/mol. The molecule has 0 saturated carbocycles. The van der Waals surface area contributed by atoms with Gasteiger partial charge in [0.05, 0.1) is 11.5 Å². The zero-order chi connectivity index (χ0) is 18.1. The van der Waals surface area contributed by atoms with Gasteiger partial charge in [-0.2, -0.15) is 0 Å². The molecule has 1 aliphatic heterocycles. The topological polar surface area (TPSA) is 62.5 Å². The number of rotatable bonds is 3.